The lowest BCUT2D eigenvalue weighted by Gasteiger charge is -2.35. The Kier molecular flexibility index (Phi) is 4.83. The van der Waals surface area contributed by atoms with Crippen LogP contribution in [-0.4, -0.2) is 60.0 Å². The van der Waals surface area contributed by atoms with Crippen LogP contribution in [0.15, 0.2) is 18.3 Å². The molecule has 0 bridgehead atoms. The fraction of sp³-hybridized carbons (Fsp3) is 0.625. The van der Waals surface area contributed by atoms with E-state index in [4.69, 9.17) is 0 Å². The maximum absolute atomic E-state index is 12.2. The van der Waals surface area contributed by atoms with Crippen molar-refractivity contribution in [2.24, 2.45) is 0 Å². The number of amides is 1. The van der Waals surface area contributed by atoms with Gasteiger partial charge in [-0.1, -0.05) is 0 Å². The molecule has 1 aliphatic rings. The van der Waals surface area contributed by atoms with E-state index in [-0.39, 0.29) is 11.4 Å². The minimum Gasteiger partial charge on any atom is -0.368 e. The van der Waals surface area contributed by atoms with E-state index < -0.39 is 0 Å². The summed E-state index contributed by atoms with van der Waals surface area (Å²) in [5.74, 6) is 0.646. The molecule has 1 aliphatic heterocycles. The molecule has 5 heteroatoms. The topological polar surface area (TPSA) is 48.5 Å². The van der Waals surface area contributed by atoms with Crippen molar-refractivity contribution < 1.29 is 4.79 Å². The average Bonchev–Trinajstić information content (AvgIpc) is 2.99. The molecule has 1 amide bonds. The summed E-state index contributed by atoms with van der Waals surface area (Å²) in [6.07, 6.45) is 4.27. The first-order valence-corrected chi connectivity index (χ1v) is 7.57. The highest BCUT2D eigenvalue weighted by atomic mass is 16.2. The van der Waals surface area contributed by atoms with Crippen molar-refractivity contribution in [2.75, 3.05) is 39.0 Å². The molecule has 21 heavy (non-hydrogen) atoms. The van der Waals surface area contributed by atoms with Crippen molar-refractivity contribution in [1.29, 1.82) is 0 Å². The van der Waals surface area contributed by atoms with Crippen molar-refractivity contribution in [3.63, 3.8) is 0 Å². The highest BCUT2D eigenvalue weighted by Crippen LogP contribution is 2.22. The fourth-order valence-corrected chi connectivity index (χ4v) is 2.69. The second-order valence-electron chi connectivity index (χ2n) is 6.46. The number of carbonyl (C=O) groups excluding carboxylic acids is 1. The second-order valence-corrected chi connectivity index (χ2v) is 6.46. The van der Waals surface area contributed by atoms with E-state index in [2.05, 4.69) is 29.0 Å². The van der Waals surface area contributed by atoms with Crippen LogP contribution in [0.1, 0.15) is 37.0 Å². The van der Waals surface area contributed by atoms with Gasteiger partial charge in [-0.2, -0.15) is 0 Å². The van der Waals surface area contributed by atoms with Crippen LogP contribution in [0.5, 0.6) is 0 Å². The predicted molar refractivity (Wildman–Crippen MR) is 85.6 cm³/mol. The molecular weight excluding hydrogens is 264 g/mol. The zero-order valence-corrected chi connectivity index (χ0v) is 13.5. The van der Waals surface area contributed by atoms with E-state index >= 15 is 0 Å². The SMILES string of the molecule is CN(C)C(=O)c1cccnc1NCC(C)(C)N1CCCC1. The number of hydrogen-bond donors (Lipinski definition) is 1. The van der Waals surface area contributed by atoms with Gasteiger partial charge in [-0.25, -0.2) is 4.98 Å². The highest BCUT2D eigenvalue weighted by Gasteiger charge is 2.29. The molecule has 2 heterocycles. The second kappa shape index (κ2) is 6.43. The molecule has 0 radical (unpaired) electrons. The van der Waals surface area contributed by atoms with Crippen LogP contribution in [0.4, 0.5) is 5.82 Å². The Morgan fingerprint density at radius 1 is 1.38 bits per heavy atom. The fourth-order valence-electron chi connectivity index (χ4n) is 2.69. The molecule has 1 fully saturated rings. The minimum atomic E-state index is -0.0235. The summed E-state index contributed by atoms with van der Waals surface area (Å²) in [7, 11) is 3.51. The maximum atomic E-state index is 12.2. The van der Waals surface area contributed by atoms with Gasteiger partial charge in [0.25, 0.3) is 5.91 Å². The Hall–Kier alpha value is -1.62. The van der Waals surface area contributed by atoms with Gasteiger partial charge in [-0.15, -0.1) is 0 Å². The first-order chi connectivity index (χ1) is 9.92. The number of carbonyl (C=O) groups is 1. The predicted octanol–water partition coefficient (Wildman–Crippen LogP) is 2.07. The lowest BCUT2D eigenvalue weighted by molar-refractivity contribution is 0.0828. The van der Waals surface area contributed by atoms with Crippen molar-refractivity contribution in [2.45, 2.75) is 32.2 Å². The van der Waals surface area contributed by atoms with Crippen LogP contribution in [0, 0.1) is 0 Å². The van der Waals surface area contributed by atoms with Gasteiger partial charge < -0.3 is 10.2 Å². The molecule has 2 rings (SSSR count). The third kappa shape index (κ3) is 3.73. The van der Waals surface area contributed by atoms with E-state index in [1.54, 1.807) is 31.3 Å². The lowest BCUT2D eigenvalue weighted by Crippen LogP contribution is -2.47. The normalized spacial score (nSPS) is 16.0. The molecule has 5 nitrogen and oxygen atoms in total. The molecule has 116 valence electrons. The van der Waals surface area contributed by atoms with E-state index in [0.29, 0.717) is 11.4 Å². The van der Waals surface area contributed by atoms with Gasteiger partial charge in [0.05, 0.1) is 5.56 Å². The van der Waals surface area contributed by atoms with Crippen LogP contribution < -0.4 is 5.32 Å². The van der Waals surface area contributed by atoms with E-state index in [1.807, 2.05) is 6.07 Å². The number of rotatable bonds is 5. The van der Waals surface area contributed by atoms with Gasteiger partial charge in [0.2, 0.25) is 0 Å². The summed E-state index contributed by atoms with van der Waals surface area (Å²) in [6.45, 7) is 7.56. The van der Waals surface area contributed by atoms with Crippen molar-refractivity contribution in [3.8, 4) is 0 Å². The molecule has 1 N–H and O–H groups in total. The summed E-state index contributed by atoms with van der Waals surface area (Å²) in [6, 6.07) is 3.62. The van der Waals surface area contributed by atoms with Gasteiger partial charge in [0, 0.05) is 32.4 Å². The monoisotopic (exact) mass is 290 g/mol. The van der Waals surface area contributed by atoms with Gasteiger partial charge >= 0.3 is 0 Å². The first kappa shape index (κ1) is 15.8. The zero-order chi connectivity index (χ0) is 15.5. The number of hydrogen-bond acceptors (Lipinski definition) is 4. The van der Waals surface area contributed by atoms with Crippen molar-refractivity contribution >= 4 is 11.7 Å². The minimum absolute atomic E-state index is 0.0235. The summed E-state index contributed by atoms with van der Waals surface area (Å²) < 4.78 is 0. The Morgan fingerprint density at radius 3 is 2.67 bits per heavy atom. The standard InChI is InChI=1S/C16H26N4O/c1-16(2,20-10-5-6-11-20)12-18-14-13(8-7-9-17-14)15(21)19(3)4/h7-9H,5-6,10-12H2,1-4H3,(H,17,18). The number of nitrogens with zero attached hydrogens (tertiary/aromatic N) is 3. The van der Waals surface area contributed by atoms with Crippen molar-refractivity contribution in [1.82, 2.24) is 14.8 Å². The molecular formula is C16H26N4O. The summed E-state index contributed by atoms with van der Waals surface area (Å²) in [4.78, 5) is 20.6. The van der Waals surface area contributed by atoms with Crippen molar-refractivity contribution in [3.05, 3.63) is 23.9 Å². The molecule has 0 aromatic carbocycles. The summed E-state index contributed by atoms with van der Waals surface area (Å²) in [5, 5.41) is 3.37. The third-order valence-corrected chi connectivity index (χ3v) is 4.09. The van der Waals surface area contributed by atoms with Crippen LogP contribution in [0.3, 0.4) is 0 Å². The third-order valence-electron chi connectivity index (χ3n) is 4.09. The van der Waals surface area contributed by atoms with Gasteiger partial charge in [0.1, 0.15) is 5.82 Å². The van der Waals surface area contributed by atoms with Crippen LogP contribution >= 0.6 is 0 Å². The first-order valence-electron chi connectivity index (χ1n) is 7.57. The molecule has 1 aromatic rings. The Balaban J connectivity index is 2.07. The van der Waals surface area contributed by atoms with Gasteiger partial charge in [-0.05, 0) is 51.9 Å². The summed E-state index contributed by atoms with van der Waals surface area (Å²) in [5.41, 5.74) is 0.687. The Labute approximate surface area is 127 Å². The smallest absolute Gasteiger partial charge is 0.257 e. The molecule has 0 saturated carbocycles. The van der Waals surface area contributed by atoms with Gasteiger partial charge in [-0.3, -0.25) is 9.69 Å². The molecule has 0 aliphatic carbocycles. The lowest BCUT2D eigenvalue weighted by atomic mass is 10.0. The quantitative estimate of drug-likeness (QED) is 0.902. The number of nitrogens with one attached hydrogen (secondary N) is 1. The van der Waals surface area contributed by atoms with E-state index in [9.17, 15) is 4.79 Å². The number of pyridine rings is 1. The van der Waals surface area contributed by atoms with Crippen LogP contribution in [0.2, 0.25) is 0 Å². The molecule has 1 saturated heterocycles. The average molecular weight is 290 g/mol. The molecule has 0 unspecified atom stereocenters. The van der Waals surface area contributed by atoms with Crippen LogP contribution in [0.25, 0.3) is 0 Å². The van der Waals surface area contributed by atoms with E-state index in [1.165, 1.54) is 12.8 Å². The Morgan fingerprint density at radius 2 is 2.05 bits per heavy atom. The number of anilines is 1. The molecule has 1 aromatic heterocycles. The molecule has 0 spiro atoms. The highest BCUT2D eigenvalue weighted by molar-refractivity contribution is 5.98. The maximum Gasteiger partial charge on any atom is 0.257 e. The molecule has 0 atom stereocenters. The van der Waals surface area contributed by atoms with E-state index in [0.717, 1.165) is 19.6 Å². The largest absolute Gasteiger partial charge is 0.368 e. The zero-order valence-electron chi connectivity index (χ0n) is 13.5. The Bertz CT molecular complexity index is 493. The number of aromatic nitrogens is 1. The van der Waals surface area contributed by atoms with Crippen LogP contribution in [-0.2, 0) is 0 Å². The summed E-state index contributed by atoms with van der Waals surface area (Å²) >= 11 is 0. The number of likely N-dealkylation sites (tertiary alicyclic amines) is 1. The van der Waals surface area contributed by atoms with Gasteiger partial charge in [0.15, 0.2) is 0 Å².